The molecule has 0 radical (unpaired) electrons. The van der Waals surface area contributed by atoms with Gasteiger partial charge in [0, 0.05) is 18.2 Å². The number of hydrogen-bond acceptors (Lipinski definition) is 5. The summed E-state index contributed by atoms with van der Waals surface area (Å²) in [5.74, 6) is 1.83. The fourth-order valence-electron chi connectivity index (χ4n) is 3.50. The molecule has 7 heteroatoms. The monoisotopic (exact) mass is 353 g/mol. The summed E-state index contributed by atoms with van der Waals surface area (Å²) >= 11 is 0. The molecular weight excluding hydrogens is 330 g/mol. The molecule has 0 spiro atoms. The van der Waals surface area contributed by atoms with Gasteiger partial charge in [-0.3, -0.25) is 14.3 Å². The summed E-state index contributed by atoms with van der Waals surface area (Å²) in [5.41, 5.74) is 1.66. The molecule has 1 N–H and O–H groups in total. The van der Waals surface area contributed by atoms with Crippen LogP contribution in [-0.2, 0) is 6.54 Å². The molecule has 3 heterocycles. The minimum atomic E-state index is -0.135. The van der Waals surface area contributed by atoms with Gasteiger partial charge < -0.3 is 9.72 Å². The van der Waals surface area contributed by atoms with Crippen LogP contribution in [0.15, 0.2) is 23.1 Å². The van der Waals surface area contributed by atoms with Crippen molar-refractivity contribution in [2.24, 2.45) is 0 Å². The zero-order valence-electron chi connectivity index (χ0n) is 15.2. The third kappa shape index (κ3) is 3.09. The van der Waals surface area contributed by atoms with Crippen LogP contribution in [0.5, 0.6) is 11.8 Å². The van der Waals surface area contributed by atoms with Gasteiger partial charge in [-0.15, -0.1) is 0 Å². The lowest BCUT2D eigenvalue weighted by Crippen LogP contribution is -2.23. The molecule has 0 saturated heterocycles. The van der Waals surface area contributed by atoms with Gasteiger partial charge in [0.2, 0.25) is 0 Å². The van der Waals surface area contributed by atoms with Crippen LogP contribution in [0, 0.1) is 6.92 Å². The number of aromatic amines is 1. The fourth-order valence-corrected chi connectivity index (χ4v) is 3.50. The average molecular weight is 353 g/mol. The van der Waals surface area contributed by atoms with Gasteiger partial charge in [-0.05, 0) is 38.3 Å². The fraction of sp³-hybridized carbons (Fsp3) is 0.474. The molecule has 3 aromatic heterocycles. The first-order valence-electron chi connectivity index (χ1n) is 9.26. The molecule has 0 bridgehead atoms. The number of aromatic nitrogens is 5. The molecule has 0 unspecified atom stereocenters. The van der Waals surface area contributed by atoms with Crippen molar-refractivity contribution in [1.82, 2.24) is 24.5 Å². The molecule has 26 heavy (non-hydrogen) atoms. The lowest BCUT2D eigenvalue weighted by molar-refractivity contribution is 0.397. The topological polar surface area (TPSA) is 85.7 Å². The second kappa shape index (κ2) is 6.90. The molecular formula is C19H23N5O2. The van der Waals surface area contributed by atoms with Gasteiger partial charge in [-0.2, -0.15) is 4.98 Å². The molecule has 0 aromatic carbocycles. The Balaban J connectivity index is 1.78. The van der Waals surface area contributed by atoms with Crippen molar-refractivity contribution >= 4 is 11.2 Å². The van der Waals surface area contributed by atoms with Crippen LogP contribution in [0.4, 0.5) is 0 Å². The Kier molecular flexibility index (Phi) is 4.44. The highest BCUT2D eigenvalue weighted by molar-refractivity contribution is 5.70. The lowest BCUT2D eigenvalue weighted by atomic mass is 10.1. The molecule has 0 aliphatic heterocycles. The van der Waals surface area contributed by atoms with E-state index in [-0.39, 0.29) is 11.6 Å². The van der Waals surface area contributed by atoms with E-state index in [1.165, 1.54) is 12.8 Å². The largest absolute Gasteiger partial charge is 0.424 e. The first-order chi connectivity index (χ1) is 12.7. The standard InChI is InChI=1S/C19H23N5O2/c1-3-10-24-18(25)15-17(22-16(21-15)13-6-4-5-7-13)23-19(24)26-14-9-8-12(2)20-11-14/h8-9,11,13H,3-7,10H2,1-2H3,(H,21,22). The maximum absolute atomic E-state index is 13.0. The zero-order valence-corrected chi connectivity index (χ0v) is 15.2. The number of pyridine rings is 1. The maximum atomic E-state index is 13.0. The number of nitrogens with zero attached hydrogens (tertiary/aromatic N) is 4. The van der Waals surface area contributed by atoms with E-state index in [0.717, 1.165) is 30.8 Å². The molecule has 136 valence electrons. The summed E-state index contributed by atoms with van der Waals surface area (Å²) < 4.78 is 7.44. The molecule has 1 saturated carbocycles. The number of fused-ring (bicyclic) bond motifs is 1. The van der Waals surface area contributed by atoms with Crippen LogP contribution < -0.4 is 10.3 Å². The number of rotatable bonds is 5. The molecule has 0 atom stereocenters. The van der Waals surface area contributed by atoms with E-state index < -0.39 is 0 Å². The summed E-state index contributed by atoms with van der Waals surface area (Å²) in [4.78, 5) is 29.6. The first kappa shape index (κ1) is 16.8. The zero-order chi connectivity index (χ0) is 18.1. The Morgan fingerprint density at radius 1 is 1.27 bits per heavy atom. The van der Waals surface area contributed by atoms with E-state index in [1.54, 1.807) is 10.8 Å². The molecule has 0 amide bonds. The van der Waals surface area contributed by atoms with Crippen LogP contribution in [-0.4, -0.2) is 24.5 Å². The van der Waals surface area contributed by atoms with Gasteiger partial charge in [0.1, 0.15) is 11.6 Å². The highest BCUT2D eigenvalue weighted by Gasteiger charge is 2.23. The van der Waals surface area contributed by atoms with Crippen molar-refractivity contribution in [2.75, 3.05) is 0 Å². The van der Waals surface area contributed by atoms with Crippen molar-refractivity contribution in [2.45, 2.75) is 58.4 Å². The number of ether oxygens (including phenoxy) is 1. The summed E-state index contributed by atoms with van der Waals surface area (Å²) in [6, 6.07) is 3.95. The Labute approximate surface area is 151 Å². The summed E-state index contributed by atoms with van der Waals surface area (Å²) in [5, 5.41) is 0. The van der Waals surface area contributed by atoms with Gasteiger partial charge in [-0.25, -0.2) is 4.98 Å². The van der Waals surface area contributed by atoms with Gasteiger partial charge in [0.15, 0.2) is 11.2 Å². The molecule has 1 aliphatic carbocycles. The normalized spacial score (nSPS) is 15.0. The Morgan fingerprint density at radius 3 is 2.77 bits per heavy atom. The third-order valence-electron chi connectivity index (χ3n) is 4.88. The van der Waals surface area contributed by atoms with E-state index in [0.29, 0.717) is 29.4 Å². The highest BCUT2D eigenvalue weighted by Crippen LogP contribution is 2.33. The van der Waals surface area contributed by atoms with Gasteiger partial charge in [0.05, 0.1) is 6.20 Å². The third-order valence-corrected chi connectivity index (χ3v) is 4.88. The second-order valence-electron chi connectivity index (χ2n) is 6.89. The van der Waals surface area contributed by atoms with Gasteiger partial charge in [0.25, 0.3) is 5.56 Å². The van der Waals surface area contributed by atoms with Gasteiger partial charge >= 0.3 is 6.01 Å². The predicted molar refractivity (Wildman–Crippen MR) is 98.7 cm³/mol. The first-order valence-corrected chi connectivity index (χ1v) is 9.26. The number of H-pyrrole nitrogens is 1. The number of hydrogen-bond donors (Lipinski definition) is 1. The van der Waals surface area contributed by atoms with Crippen LogP contribution in [0.1, 0.15) is 56.5 Å². The quantitative estimate of drug-likeness (QED) is 0.756. The number of imidazole rings is 1. The summed E-state index contributed by atoms with van der Waals surface area (Å²) in [6.07, 6.45) is 7.09. The van der Waals surface area contributed by atoms with E-state index in [2.05, 4.69) is 19.9 Å². The van der Waals surface area contributed by atoms with Crippen LogP contribution in [0.3, 0.4) is 0 Å². The van der Waals surface area contributed by atoms with Crippen molar-refractivity contribution in [3.05, 3.63) is 40.2 Å². The Morgan fingerprint density at radius 2 is 2.08 bits per heavy atom. The van der Waals surface area contributed by atoms with Crippen molar-refractivity contribution in [3.8, 4) is 11.8 Å². The van der Waals surface area contributed by atoms with Gasteiger partial charge in [-0.1, -0.05) is 19.8 Å². The molecule has 3 aromatic rings. The number of nitrogens with one attached hydrogen (secondary N) is 1. The minimum absolute atomic E-state index is 0.135. The Bertz CT molecular complexity index is 968. The van der Waals surface area contributed by atoms with Crippen molar-refractivity contribution < 1.29 is 4.74 Å². The van der Waals surface area contributed by atoms with E-state index in [9.17, 15) is 4.79 Å². The molecule has 4 rings (SSSR count). The smallest absolute Gasteiger partial charge is 0.306 e. The minimum Gasteiger partial charge on any atom is -0.424 e. The summed E-state index contributed by atoms with van der Waals surface area (Å²) in [7, 11) is 0. The molecule has 7 nitrogen and oxygen atoms in total. The summed E-state index contributed by atoms with van der Waals surface area (Å²) in [6.45, 7) is 4.47. The van der Waals surface area contributed by atoms with Crippen LogP contribution in [0.2, 0.25) is 0 Å². The average Bonchev–Trinajstić information content (AvgIpc) is 3.29. The Hall–Kier alpha value is -2.70. The molecule has 1 fully saturated rings. The van der Waals surface area contributed by atoms with E-state index in [4.69, 9.17) is 4.74 Å². The van der Waals surface area contributed by atoms with Crippen molar-refractivity contribution in [1.29, 1.82) is 0 Å². The molecule has 1 aliphatic rings. The number of aryl methyl sites for hydroxylation is 1. The van der Waals surface area contributed by atoms with Crippen molar-refractivity contribution in [3.63, 3.8) is 0 Å². The SMILES string of the molecule is CCCn1c(Oc2ccc(C)nc2)nc2nc(C3CCCC3)[nH]c2c1=O. The second-order valence-corrected chi connectivity index (χ2v) is 6.89. The maximum Gasteiger partial charge on any atom is 0.306 e. The van der Waals surface area contributed by atoms with E-state index >= 15 is 0 Å². The lowest BCUT2D eigenvalue weighted by Gasteiger charge is -2.11. The van der Waals surface area contributed by atoms with Crippen LogP contribution >= 0.6 is 0 Å². The van der Waals surface area contributed by atoms with Crippen LogP contribution in [0.25, 0.3) is 11.2 Å². The highest BCUT2D eigenvalue weighted by atomic mass is 16.5. The predicted octanol–water partition coefficient (Wildman–Crippen LogP) is 3.68. The van der Waals surface area contributed by atoms with E-state index in [1.807, 2.05) is 26.0 Å².